The average molecular weight is 608 g/mol. The minimum Gasteiger partial charge on any atom is -0.490 e. The summed E-state index contributed by atoms with van der Waals surface area (Å²) in [6.45, 7) is 2.81. The second kappa shape index (κ2) is 14.6. The molecule has 2 saturated carbocycles. The van der Waals surface area contributed by atoms with Crippen molar-refractivity contribution in [3.05, 3.63) is 52.5 Å². The maximum absolute atomic E-state index is 15.7. The number of aromatic nitrogens is 1. The summed E-state index contributed by atoms with van der Waals surface area (Å²) in [6.07, 6.45) is 15.8. The van der Waals surface area contributed by atoms with Crippen LogP contribution in [-0.4, -0.2) is 18.2 Å². The summed E-state index contributed by atoms with van der Waals surface area (Å²) in [5.41, 5.74) is -1.24. The summed E-state index contributed by atoms with van der Waals surface area (Å²) in [7, 11) is 0. The van der Waals surface area contributed by atoms with Gasteiger partial charge in [0.1, 0.15) is 0 Å². The first kappa shape index (κ1) is 32.0. The zero-order chi connectivity index (χ0) is 30.4. The van der Waals surface area contributed by atoms with E-state index >= 15 is 17.6 Å². The summed E-state index contributed by atoms with van der Waals surface area (Å²) < 4.78 is 87.4. The number of nitrogens with zero attached hydrogens (tertiary/aromatic N) is 1. The van der Waals surface area contributed by atoms with E-state index in [1.54, 1.807) is 0 Å². The van der Waals surface area contributed by atoms with E-state index in [4.69, 9.17) is 9.47 Å². The standard InChI is InChI=1S/C35H46F5NO2/c1-2-24(25-14-15-25)11-7-5-9-21-43-30-22-26-16-18-28(35(39,40)31(26)34(38)41-30)27-17-19-29(33(37)32(27)36)42-20-8-4-3-6-10-23-12-13-23/h17,19,22-25,28H,2-16,18,20-21H2,1H3. The van der Waals surface area contributed by atoms with Crippen LogP contribution in [0.3, 0.4) is 0 Å². The largest absolute Gasteiger partial charge is 0.490 e. The molecule has 3 aliphatic rings. The van der Waals surface area contributed by atoms with Crippen molar-refractivity contribution >= 4 is 0 Å². The van der Waals surface area contributed by atoms with Crippen molar-refractivity contribution in [1.29, 1.82) is 0 Å². The maximum Gasteiger partial charge on any atom is 0.284 e. The highest BCUT2D eigenvalue weighted by atomic mass is 19.3. The van der Waals surface area contributed by atoms with Crippen LogP contribution in [0.15, 0.2) is 18.2 Å². The van der Waals surface area contributed by atoms with Crippen LogP contribution in [0.2, 0.25) is 0 Å². The average Bonchev–Trinajstić information content (AvgIpc) is 3.90. The van der Waals surface area contributed by atoms with Crippen LogP contribution in [0, 0.1) is 35.3 Å². The molecule has 43 heavy (non-hydrogen) atoms. The van der Waals surface area contributed by atoms with Crippen LogP contribution in [0.25, 0.3) is 0 Å². The third-order valence-electron chi connectivity index (χ3n) is 9.70. The van der Waals surface area contributed by atoms with Gasteiger partial charge in [-0.15, -0.1) is 0 Å². The van der Waals surface area contributed by atoms with Gasteiger partial charge in [-0.05, 0) is 67.9 Å². The van der Waals surface area contributed by atoms with E-state index in [9.17, 15) is 4.39 Å². The topological polar surface area (TPSA) is 31.4 Å². The first-order chi connectivity index (χ1) is 20.8. The number of pyridine rings is 1. The third-order valence-corrected chi connectivity index (χ3v) is 9.70. The van der Waals surface area contributed by atoms with Crippen molar-refractivity contribution in [3.8, 4) is 11.6 Å². The monoisotopic (exact) mass is 607 g/mol. The fraction of sp³-hybridized carbons (Fsp3) is 0.686. The highest BCUT2D eigenvalue weighted by Crippen LogP contribution is 2.51. The molecule has 0 spiro atoms. The Bertz CT molecular complexity index is 1210. The number of rotatable bonds is 18. The van der Waals surface area contributed by atoms with E-state index in [0.29, 0.717) is 13.0 Å². The Balaban J connectivity index is 1.13. The molecule has 238 valence electrons. The lowest BCUT2D eigenvalue weighted by molar-refractivity contribution is -0.0487. The molecule has 0 amide bonds. The van der Waals surface area contributed by atoms with E-state index in [2.05, 4.69) is 11.9 Å². The molecule has 2 fully saturated rings. The molecule has 0 saturated heterocycles. The Kier molecular flexibility index (Phi) is 10.9. The predicted octanol–water partition coefficient (Wildman–Crippen LogP) is 10.4. The minimum absolute atomic E-state index is 0.0171. The molecule has 5 rings (SSSR count). The Morgan fingerprint density at radius 2 is 1.58 bits per heavy atom. The molecule has 2 aromatic rings. The van der Waals surface area contributed by atoms with E-state index in [-0.39, 0.29) is 36.6 Å². The number of ether oxygens (including phenoxy) is 2. The van der Waals surface area contributed by atoms with Crippen LogP contribution in [0.5, 0.6) is 11.6 Å². The molecule has 1 aromatic carbocycles. The first-order valence-corrected chi connectivity index (χ1v) is 16.6. The molecule has 0 aliphatic heterocycles. The van der Waals surface area contributed by atoms with Crippen LogP contribution >= 0.6 is 0 Å². The molecule has 0 bridgehead atoms. The van der Waals surface area contributed by atoms with Crippen molar-refractivity contribution in [1.82, 2.24) is 4.98 Å². The fourth-order valence-corrected chi connectivity index (χ4v) is 6.77. The normalized spacial score (nSPS) is 20.1. The van der Waals surface area contributed by atoms with Gasteiger partial charge in [0.05, 0.1) is 24.7 Å². The lowest BCUT2D eigenvalue weighted by Crippen LogP contribution is -2.32. The second-order valence-electron chi connectivity index (χ2n) is 13.0. The van der Waals surface area contributed by atoms with Crippen molar-refractivity contribution in [2.45, 2.75) is 121 Å². The maximum atomic E-state index is 15.7. The quantitative estimate of drug-likeness (QED) is 0.0960. The third kappa shape index (κ3) is 8.21. The van der Waals surface area contributed by atoms with Crippen LogP contribution in [-0.2, 0) is 12.3 Å². The van der Waals surface area contributed by atoms with Crippen molar-refractivity contribution in [2.75, 3.05) is 13.2 Å². The number of halogens is 5. The second-order valence-corrected chi connectivity index (χ2v) is 13.0. The smallest absolute Gasteiger partial charge is 0.284 e. The summed E-state index contributed by atoms with van der Waals surface area (Å²) >= 11 is 0. The molecular weight excluding hydrogens is 561 g/mol. The van der Waals surface area contributed by atoms with E-state index < -0.39 is 40.5 Å². The van der Waals surface area contributed by atoms with Gasteiger partial charge in [0.2, 0.25) is 17.6 Å². The van der Waals surface area contributed by atoms with Gasteiger partial charge in [0.25, 0.3) is 5.92 Å². The zero-order valence-electron chi connectivity index (χ0n) is 25.4. The predicted molar refractivity (Wildman–Crippen MR) is 157 cm³/mol. The molecule has 2 unspecified atom stereocenters. The van der Waals surface area contributed by atoms with E-state index in [1.165, 1.54) is 63.5 Å². The number of unbranched alkanes of at least 4 members (excludes halogenated alkanes) is 5. The zero-order valence-corrected chi connectivity index (χ0v) is 25.4. The van der Waals surface area contributed by atoms with Gasteiger partial charge >= 0.3 is 0 Å². The number of hydrogen-bond donors (Lipinski definition) is 0. The van der Waals surface area contributed by atoms with Crippen LogP contribution < -0.4 is 9.47 Å². The molecule has 8 heteroatoms. The summed E-state index contributed by atoms with van der Waals surface area (Å²) in [6, 6.07) is 3.71. The number of fused-ring (bicyclic) bond motifs is 1. The Morgan fingerprint density at radius 3 is 2.30 bits per heavy atom. The number of alkyl halides is 2. The molecule has 2 atom stereocenters. The fourth-order valence-electron chi connectivity index (χ4n) is 6.77. The van der Waals surface area contributed by atoms with E-state index in [1.807, 2.05) is 0 Å². The summed E-state index contributed by atoms with van der Waals surface area (Å²) in [5, 5.41) is 0. The Labute approximate surface area is 253 Å². The number of aryl methyl sites for hydroxylation is 1. The number of hydrogen-bond acceptors (Lipinski definition) is 3. The van der Waals surface area contributed by atoms with Crippen molar-refractivity contribution < 1.29 is 31.4 Å². The lowest BCUT2D eigenvalue weighted by atomic mass is 9.77. The Hall–Kier alpha value is -2.38. The molecule has 0 radical (unpaired) electrons. The highest BCUT2D eigenvalue weighted by Gasteiger charge is 2.50. The van der Waals surface area contributed by atoms with Gasteiger partial charge in [0.15, 0.2) is 11.6 Å². The van der Waals surface area contributed by atoms with Gasteiger partial charge < -0.3 is 9.47 Å². The Morgan fingerprint density at radius 1 is 0.860 bits per heavy atom. The molecule has 3 aliphatic carbocycles. The van der Waals surface area contributed by atoms with E-state index in [0.717, 1.165) is 55.9 Å². The molecule has 0 N–H and O–H groups in total. The van der Waals surface area contributed by atoms with Gasteiger partial charge in [-0.1, -0.05) is 77.2 Å². The summed E-state index contributed by atoms with van der Waals surface area (Å²) in [4.78, 5) is 3.67. The van der Waals surface area contributed by atoms with Crippen molar-refractivity contribution in [2.24, 2.45) is 17.8 Å². The van der Waals surface area contributed by atoms with Crippen molar-refractivity contribution in [3.63, 3.8) is 0 Å². The highest BCUT2D eigenvalue weighted by molar-refractivity contribution is 5.42. The SMILES string of the molecule is CCC(CCCCCOc1cc2c(c(F)n1)C(F)(F)C(c1ccc(OCCCCCCC3CC3)c(F)c1F)CC2)C1CC1. The van der Waals surface area contributed by atoms with Gasteiger partial charge in [0, 0.05) is 11.6 Å². The van der Waals surface area contributed by atoms with Gasteiger partial charge in [-0.3, -0.25) is 0 Å². The van der Waals surface area contributed by atoms with Gasteiger partial charge in [-0.2, -0.15) is 13.8 Å². The molecule has 1 aromatic heterocycles. The molecular formula is C35H46F5NO2. The minimum atomic E-state index is -3.77. The summed E-state index contributed by atoms with van der Waals surface area (Å²) in [5.74, 6) is -7.17. The molecule has 1 heterocycles. The van der Waals surface area contributed by atoms with Gasteiger partial charge in [-0.25, -0.2) is 13.2 Å². The van der Waals surface area contributed by atoms with Crippen LogP contribution in [0.4, 0.5) is 22.0 Å². The van der Waals surface area contributed by atoms with Crippen LogP contribution in [0.1, 0.15) is 126 Å². The molecule has 3 nitrogen and oxygen atoms in total. The lowest BCUT2D eigenvalue weighted by Gasteiger charge is -2.34. The number of benzene rings is 1. The first-order valence-electron chi connectivity index (χ1n) is 16.6.